The Labute approximate surface area is 115 Å². The predicted octanol–water partition coefficient (Wildman–Crippen LogP) is 2.13. The molecule has 1 N–H and O–H groups in total. The lowest BCUT2D eigenvalue weighted by Gasteiger charge is -2.29. The molecule has 2 rings (SSSR count). The van der Waals surface area contributed by atoms with E-state index in [9.17, 15) is 14.9 Å². The lowest BCUT2D eigenvalue weighted by Crippen LogP contribution is -2.40. The number of carbonyl (C=O) groups is 1. The summed E-state index contributed by atoms with van der Waals surface area (Å²) < 4.78 is 5.51. The number of nitro benzene ring substituents is 1. The number of ether oxygens (including phenoxy) is 1. The summed E-state index contributed by atoms with van der Waals surface area (Å²) in [6.07, 6.45) is 0.285. The molecule has 0 aromatic heterocycles. The van der Waals surface area contributed by atoms with Gasteiger partial charge < -0.3 is 4.74 Å². The molecule has 1 aromatic carbocycles. The number of nitrogens with zero attached hydrogens (tertiary/aromatic N) is 2. The van der Waals surface area contributed by atoms with Crippen LogP contribution in [0.15, 0.2) is 29.4 Å². The molecule has 1 fully saturated rings. The number of non-ortho nitro benzene ring substituents is 1. The average molecular weight is 277 g/mol. The minimum atomic E-state index is -0.476. The van der Waals surface area contributed by atoms with Gasteiger partial charge in [-0.25, -0.2) is 0 Å². The monoisotopic (exact) mass is 277 g/mol. The van der Waals surface area contributed by atoms with Gasteiger partial charge in [-0.1, -0.05) is 0 Å². The number of Topliss-reactive ketones (excluding diaryl/α,β-unsaturated/α-hetero) is 1. The molecule has 0 amide bonds. The number of benzene rings is 1. The van der Waals surface area contributed by atoms with E-state index in [0.717, 1.165) is 0 Å². The number of nitrogens with one attached hydrogen (secondary N) is 1. The van der Waals surface area contributed by atoms with Gasteiger partial charge in [-0.05, 0) is 26.0 Å². The lowest BCUT2D eigenvalue weighted by atomic mass is 9.96. The quantitative estimate of drug-likeness (QED) is 0.674. The highest BCUT2D eigenvalue weighted by Gasteiger charge is 2.31. The average Bonchev–Trinajstić information content (AvgIpc) is 2.37. The van der Waals surface area contributed by atoms with Crippen molar-refractivity contribution in [3.63, 3.8) is 0 Å². The van der Waals surface area contributed by atoms with Crippen LogP contribution in [0.25, 0.3) is 0 Å². The van der Waals surface area contributed by atoms with Crippen molar-refractivity contribution in [2.24, 2.45) is 5.10 Å². The van der Waals surface area contributed by atoms with E-state index in [0.29, 0.717) is 11.4 Å². The fraction of sp³-hybridized carbons (Fsp3) is 0.385. The molecular weight excluding hydrogens is 262 g/mol. The van der Waals surface area contributed by atoms with Gasteiger partial charge in [0.15, 0.2) is 5.78 Å². The van der Waals surface area contributed by atoms with Crippen LogP contribution in [-0.4, -0.2) is 28.6 Å². The number of carbonyl (C=O) groups excluding carboxylic acids is 1. The molecule has 0 saturated carbocycles. The van der Waals surface area contributed by atoms with E-state index in [-0.39, 0.29) is 24.5 Å². The van der Waals surface area contributed by atoms with Crippen LogP contribution in [0.1, 0.15) is 20.3 Å². The third-order valence-electron chi connectivity index (χ3n) is 2.91. The zero-order valence-corrected chi connectivity index (χ0v) is 11.3. The van der Waals surface area contributed by atoms with Gasteiger partial charge >= 0.3 is 0 Å². The van der Waals surface area contributed by atoms with Crippen molar-refractivity contribution in [1.82, 2.24) is 0 Å². The van der Waals surface area contributed by atoms with E-state index in [1.807, 2.05) is 13.8 Å². The maximum atomic E-state index is 11.8. The highest BCUT2D eigenvalue weighted by molar-refractivity contribution is 6.41. The van der Waals surface area contributed by atoms with Crippen LogP contribution in [0.4, 0.5) is 11.4 Å². The molecule has 1 heterocycles. The Balaban J connectivity index is 2.02. The number of hydrazone groups is 1. The van der Waals surface area contributed by atoms with E-state index in [2.05, 4.69) is 10.5 Å². The van der Waals surface area contributed by atoms with E-state index < -0.39 is 10.5 Å². The first-order valence-corrected chi connectivity index (χ1v) is 6.11. The van der Waals surface area contributed by atoms with Crippen molar-refractivity contribution in [3.05, 3.63) is 34.4 Å². The molecule has 0 unspecified atom stereocenters. The van der Waals surface area contributed by atoms with Crippen molar-refractivity contribution in [2.75, 3.05) is 12.0 Å². The molecule has 106 valence electrons. The van der Waals surface area contributed by atoms with Gasteiger partial charge in [-0.15, -0.1) is 0 Å². The van der Waals surface area contributed by atoms with E-state index in [1.165, 1.54) is 24.3 Å². The number of rotatable bonds is 3. The van der Waals surface area contributed by atoms with Gasteiger partial charge in [0.2, 0.25) is 0 Å². The molecule has 1 saturated heterocycles. The highest BCUT2D eigenvalue weighted by Crippen LogP contribution is 2.20. The minimum absolute atomic E-state index is 0.00188. The third-order valence-corrected chi connectivity index (χ3v) is 2.91. The first-order chi connectivity index (χ1) is 9.37. The molecule has 1 aliphatic rings. The zero-order valence-electron chi connectivity index (χ0n) is 11.3. The Hall–Kier alpha value is -2.28. The normalized spacial score (nSPS) is 19.9. The van der Waals surface area contributed by atoms with Crippen LogP contribution in [-0.2, 0) is 9.53 Å². The molecular formula is C13H15N3O4. The first-order valence-electron chi connectivity index (χ1n) is 6.11. The maximum Gasteiger partial charge on any atom is 0.269 e. The summed E-state index contributed by atoms with van der Waals surface area (Å²) in [5, 5.41) is 14.5. The van der Waals surface area contributed by atoms with Crippen LogP contribution >= 0.6 is 0 Å². The fourth-order valence-corrected chi connectivity index (χ4v) is 1.77. The summed E-state index contributed by atoms with van der Waals surface area (Å²) in [5.41, 5.74) is 3.14. The van der Waals surface area contributed by atoms with Gasteiger partial charge in [-0.3, -0.25) is 20.3 Å². The number of hydrogen-bond donors (Lipinski definition) is 1. The summed E-state index contributed by atoms with van der Waals surface area (Å²) in [7, 11) is 0. The maximum absolute atomic E-state index is 11.8. The lowest BCUT2D eigenvalue weighted by molar-refractivity contribution is -0.384. The number of hydrogen-bond acceptors (Lipinski definition) is 6. The Morgan fingerprint density at radius 1 is 1.35 bits per heavy atom. The van der Waals surface area contributed by atoms with Gasteiger partial charge in [0.25, 0.3) is 5.69 Å². The van der Waals surface area contributed by atoms with Gasteiger partial charge in [-0.2, -0.15) is 5.10 Å². The summed E-state index contributed by atoms with van der Waals surface area (Å²) >= 11 is 0. The molecule has 7 heteroatoms. The van der Waals surface area contributed by atoms with Gasteiger partial charge in [0.1, 0.15) is 5.71 Å². The molecule has 1 aromatic rings. The smallest absolute Gasteiger partial charge is 0.269 e. The standard InChI is InChI=1S/C13H15N3O4/c1-13(2)7-12(17)11(8-20-13)15-14-9-3-5-10(6-4-9)16(18)19/h3-6,14H,7-8H2,1-2H3/b15-11-. The minimum Gasteiger partial charge on any atom is -0.369 e. The van der Waals surface area contributed by atoms with Crippen molar-refractivity contribution in [1.29, 1.82) is 0 Å². The van der Waals surface area contributed by atoms with E-state index in [4.69, 9.17) is 4.74 Å². The van der Waals surface area contributed by atoms with Crippen LogP contribution < -0.4 is 5.43 Å². The van der Waals surface area contributed by atoms with Crippen molar-refractivity contribution < 1.29 is 14.5 Å². The molecule has 0 atom stereocenters. The summed E-state index contributed by atoms with van der Waals surface area (Å²) in [5.74, 6) is -0.0596. The molecule has 7 nitrogen and oxygen atoms in total. The zero-order chi connectivity index (χ0) is 14.8. The molecule has 1 aliphatic heterocycles. The van der Waals surface area contributed by atoms with E-state index >= 15 is 0 Å². The second kappa shape index (κ2) is 5.38. The van der Waals surface area contributed by atoms with Crippen molar-refractivity contribution in [2.45, 2.75) is 25.9 Å². The predicted molar refractivity (Wildman–Crippen MR) is 73.8 cm³/mol. The first kappa shape index (κ1) is 14.1. The number of nitro groups is 1. The van der Waals surface area contributed by atoms with E-state index in [1.54, 1.807) is 0 Å². The SMILES string of the molecule is CC1(C)CC(=O)/C(=N\Nc2ccc([N+](=O)[O-])cc2)CO1. The van der Waals surface area contributed by atoms with Crippen LogP contribution in [0.2, 0.25) is 0 Å². The Morgan fingerprint density at radius 3 is 2.55 bits per heavy atom. The second-order valence-electron chi connectivity index (χ2n) is 5.12. The Bertz CT molecular complexity index is 563. The largest absolute Gasteiger partial charge is 0.369 e. The fourth-order valence-electron chi connectivity index (χ4n) is 1.77. The molecule has 0 bridgehead atoms. The van der Waals surface area contributed by atoms with Crippen LogP contribution in [0.5, 0.6) is 0 Å². The molecule has 0 aliphatic carbocycles. The molecule has 0 radical (unpaired) electrons. The third kappa shape index (κ3) is 3.39. The number of anilines is 1. The summed E-state index contributed by atoms with van der Waals surface area (Å²) in [6, 6.07) is 5.79. The van der Waals surface area contributed by atoms with Gasteiger partial charge in [0.05, 0.1) is 22.8 Å². The second-order valence-corrected chi connectivity index (χ2v) is 5.12. The van der Waals surface area contributed by atoms with Crippen LogP contribution in [0.3, 0.4) is 0 Å². The number of ketones is 1. The topological polar surface area (TPSA) is 93.8 Å². The Kier molecular flexibility index (Phi) is 3.80. The van der Waals surface area contributed by atoms with Crippen molar-refractivity contribution >= 4 is 22.9 Å². The molecule has 20 heavy (non-hydrogen) atoms. The van der Waals surface area contributed by atoms with Gasteiger partial charge in [0, 0.05) is 18.6 Å². The summed E-state index contributed by atoms with van der Waals surface area (Å²) in [4.78, 5) is 21.9. The summed E-state index contributed by atoms with van der Waals surface area (Å²) in [6.45, 7) is 3.86. The highest BCUT2D eigenvalue weighted by atomic mass is 16.6. The Morgan fingerprint density at radius 2 is 2.00 bits per heavy atom. The molecule has 0 spiro atoms. The van der Waals surface area contributed by atoms with Crippen molar-refractivity contribution in [3.8, 4) is 0 Å². The van der Waals surface area contributed by atoms with Crippen LogP contribution in [0, 0.1) is 10.1 Å².